The van der Waals surface area contributed by atoms with Crippen LogP contribution >= 0.6 is 0 Å². The van der Waals surface area contributed by atoms with Crippen LogP contribution in [0.2, 0.25) is 0 Å². The predicted molar refractivity (Wildman–Crippen MR) is 79.2 cm³/mol. The van der Waals surface area contributed by atoms with Gasteiger partial charge in [0.15, 0.2) is 0 Å². The molecule has 0 saturated heterocycles. The second kappa shape index (κ2) is 4.46. The summed E-state index contributed by atoms with van der Waals surface area (Å²) < 4.78 is 0. The number of likely N-dealkylation sites (N-methyl/N-ethyl adjacent to an activating group) is 1. The number of carbonyl (C=O) groups excluding carboxylic acids is 1. The molecule has 4 fully saturated rings. The van der Waals surface area contributed by atoms with Crippen molar-refractivity contribution in [2.24, 2.45) is 22.2 Å². The largest absolute Gasteiger partial charge is 0.395 e. The third-order valence-electron chi connectivity index (χ3n) is 6.13. The first-order valence-corrected chi connectivity index (χ1v) is 8.12. The number of aliphatic hydroxyl groups excluding tert-OH is 1. The van der Waals surface area contributed by atoms with Crippen molar-refractivity contribution in [2.75, 3.05) is 20.2 Å². The minimum atomic E-state index is 0.0628. The van der Waals surface area contributed by atoms with Gasteiger partial charge in [-0.05, 0) is 60.7 Å². The van der Waals surface area contributed by atoms with Gasteiger partial charge in [0.25, 0.3) is 0 Å². The monoisotopic (exact) mass is 279 g/mol. The summed E-state index contributed by atoms with van der Waals surface area (Å²) in [6, 6.07) is 0. The number of hydrogen-bond donors (Lipinski definition) is 1. The van der Waals surface area contributed by atoms with Gasteiger partial charge in [0.1, 0.15) is 0 Å². The third-order valence-corrected chi connectivity index (χ3v) is 6.13. The van der Waals surface area contributed by atoms with E-state index in [-0.39, 0.29) is 17.9 Å². The summed E-state index contributed by atoms with van der Waals surface area (Å²) in [5, 5.41) is 9.00. The number of nitrogens with zero attached hydrogens (tertiary/aromatic N) is 1. The molecule has 0 aromatic carbocycles. The van der Waals surface area contributed by atoms with Gasteiger partial charge >= 0.3 is 0 Å². The maximum Gasteiger partial charge on any atom is 0.222 e. The Bertz CT molecular complexity index is 401. The van der Waals surface area contributed by atoms with Gasteiger partial charge in [0.2, 0.25) is 5.91 Å². The first kappa shape index (κ1) is 14.4. The lowest BCUT2D eigenvalue weighted by Crippen LogP contribution is -2.56. The summed E-state index contributed by atoms with van der Waals surface area (Å²) in [5.74, 6) is 1.07. The fourth-order valence-corrected chi connectivity index (χ4v) is 6.61. The Morgan fingerprint density at radius 1 is 1.15 bits per heavy atom. The summed E-state index contributed by atoms with van der Waals surface area (Å²) in [4.78, 5) is 14.2. The summed E-state index contributed by atoms with van der Waals surface area (Å²) in [7, 11) is 1.82. The number of hydrogen-bond acceptors (Lipinski definition) is 2. The summed E-state index contributed by atoms with van der Waals surface area (Å²) in [5.41, 5.74) is 1.21. The molecule has 0 spiro atoms. The van der Waals surface area contributed by atoms with Crippen LogP contribution in [0.4, 0.5) is 0 Å². The fraction of sp³-hybridized carbons (Fsp3) is 0.941. The zero-order chi connectivity index (χ0) is 14.6. The normalized spacial score (nSPS) is 45.7. The molecule has 4 saturated carbocycles. The van der Waals surface area contributed by atoms with Gasteiger partial charge in [0, 0.05) is 20.0 Å². The van der Waals surface area contributed by atoms with Crippen LogP contribution in [-0.4, -0.2) is 36.1 Å². The first-order valence-electron chi connectivity index (χ1n) is 8.12. The highest BCUT2D eigenvalue weighted by Gasteiger charge is 2.60. The molecule has 4 aliphatic rings. The average Bonchev–Trinajstić information content (AvgIpc) is 2.23. The van der Waals surface area contributed by atoms with E-state index in [1.807, 2.05) is 7.05 Å². The molecule has 0 aromatic rings. The minimum Gasteiger partial charge on any atom is -0.395 e. The van der Waals surface area contributed by atoms with Gasteiger partial charge in [-0.25, -0.2) is 0 Å². The van der Waals surface area contributed by atoms with Gasteiger partial charge in [-0.1, -0.05) is 13.8 Å². The van der Waals surface area contributed by atoms with E-state index in [2.05, 4.69) is 13.8 Å². The quantitative estimate of drug-likeness (QED) is 0.859. The summed E-state index contributed by atoms with van der Waals surface area (Å²) in [6.45, 7) is 5.43. The maximum atomic E-state index is 12.4. The molecule has 20 heavy (non-hydrogen) atoms. The Labute approximate surface area is 122 Å². The van der Waals surface area contributed by atoms with E-state index in [9.17, 15) is 4.79 Å². The number of rotatable bonds is 4. The zero-order valence-corrected chi connectivity index (χ0v) is 13.2. The third kappa shape index (κ3) is 2.38. The van der Waals surface area contributed by atoms with Crippen molar-refractivity contribution >= 4 is 5.91 Å². The van der Waals surface area contributed by atoms with E-state index < -0.39 is 0 Å². The molecule has 4 rings (SSSR count). The Morgan fingerprint density at radius 2 is 1.75 bits per heavy atom. The minimum absolute atomic E-state index is 0.0628. The SMILES string of the molecule is CN(CCO)C(=O)CC12CC3CC(C)(CC(C)(C3)C1)C2. The van der Waals surface area contributed by atoms with Crippen LogP contribution in [0, 0.1) is 22.2 Å². The van der Waals surface area contributed by atoms with Crippen molar-refractivity contribution in [1.82, 2.24) is 4.90 Å². The van der Waals surface area contributed by atoms with E-state index >= 15 is 0 Å². The van der Waals surface area contributed by atoms with Crippen LogP contribution in [0.15, 0.2) is 0 Å². The first-order chi connectivity index (χ1) is 9.27. The predicted octanol–water partition coefficient (Wildman–Crippen LogP) is 2.82. The van der Waals surface area contributed by atoms with Crippen LogP contribution in [0.3, 0.4) is 0 Å². The van der Waals surface area contributed by atoms with Crippen molar-refractivity contribution in [1.29, 1.82) is 0 Å². The molecule has 0 heterocycles. The lowest BCUT2D eigenvalue weighted by Gasteiger charge is -2.65. The van der Waals surface area contributed by atoms with Crippen molar-refractivity contribution in [3.05, 3.63) is 0 Å². The van der Waals surface area contributed by atoms with Crippen molar-refractivity contribution in [3.8, 4) is 0 Å². The maximum absolute atomic E-state index is 12.4. The van der Waals surface area contributed by atoms with Crippen LogP contribution in [-0.2, 0) is 4.79 Å². The van der Waals surface area contributed by atoms with Crippen molar-refractivity contribution in [2.45, 2.75) is 58.8 Å². The van der Waals surface area contributed by atoms with Crippen molar-refractivity contribution in [3.63, 3.8) is 0 Å². The smallest absolute Gasteiger partial charge is 0.222 e. The molecule has 1 N–H and O–H groups in total. The average molecular weight is 279 g/mol. The van der Waals surface area contributed by atoms with E-state index in [1.54, 1.807) is 4.90 Å². The van der Waals surface area contributed by atoms with Crippen LogP contribution in [0.25, 0.3) is 0 Å². The van der Waals surface area contributed by atoms with Crippen LogP contribution < -0.4 is 0 Å². The van der Waals surface area contributed by atoms with Crippen molar-refractivity contribution < 1.29 is 9.90 Å². The summed E-state index contributed by atoms with van der Waals surface area (Å²) >= 11 is 0. The molecule has 2 unspecified atom stereocenters. The topological polar surface area (TPSA) is 40.5 Å². The highest BCUT2D eigenvalue weighted by molar-refractivity contribution is 5.76. The molecule has 3 heteroatoms. The molecular weight excluding hydrogens is 250 g/mol. The van der Waals surface area contributed by atoms with Gasteiger partial charge in [-0.2, -0.15) is 0 Å². The van der Waals surface area contributed by atoms with Gasteiger partial charge < -0.3 is 10.0 Å². The standard InChI is InChI=1S/C17H29NO2/c1-15-6-13-7-16(2,10-15)12-17(8-13,11-15)9-14(20)18(3)4-5-19/h13,19H,4-12H2,1-3H3. The fourth-order valence-electron chi connectivity index (χ4n) is 6.61. The molecule has 4 aliphatic carbocycles. The Balaban J connectivity index is 1.77. The molecule has 3 nitrogen and oxygen atoms in total. The number of aliphatic hydroxyl groups is 1. The van der Waals surface area contributed by atoms with Gasteiger partial charge in [-0.15, -0.1) is 0 Å². The molecule has 4 bridgehead atoms. The highest BCUT2D eigenvalue weighted by atomic mass is 16.3. The van der Waals surface area contributed by atoms with Gasteiger partial charge in [-0.3, -0.25) is 4.79 Å². The highest BCUT2D eigenvalue weighted by Crippen LogP contribution is 2.70. The van der Waals surface area contributed by atoms with E-state index in [0.29, 0.717) is 23.8 Å². The van der Waals surface area contributed by atoms with E-state index in [1.165, 1.54) is 38.5 Å². The lowest BCUT2D eigenvalue weighted by molar-refractivity contribution is -0.160. The molecule has 2 atom stereocenters. The Kier molecular flexibility index (Phi) is 3.20. The second-order valence-corrected chi connectivity index (χ2v) is 8.85. The van der Waals surface area contributed by atoms with Gasteiger partial charge in [0.05, 0.1) is 6.61 Å². The molecule has 1 amide bonds. The Hall–Kier alpha value is -0.570. The molecule has 0 aliphatic heterocycles. The summed E-state index contributed by atoms with van der Waals surface area (Å²) in [6.07, 6.45) is 8.56. The lowest BCUT2D eigenvalue weighted by atomic mass is 9.40. The van der Waals surface area contributed by atoms with Crippen LogP contribution in [0.1, 0.15) is 58.8 Å². The molecule has 0 radical (unpaired) electrons. The van der Waals surface area contributed by atoms with E-state index in [4.69, 9.17) is 5.11 Å². The molecule has 0 aromatic heterocycles. The zero-order valence-electron chi connectivity index (χ0n) is 13.2. The Morgan fingerprint density at radius 3 is 2.25 bits per heavy atom. The van der Waals surface area contributed by atoms with Crippen LogP contribution in [0.5, 0.6) is 0 Å². The second-order valence-electron chi connectivity index (χ2n) is 8.85. The number of carbonyl (C=O) groups is 1. The number of amides is 1. The molecular formula is C17H29NO2. The van der Waals surface area contributed by atoms with E-state index in [0.717, 1.165) is 5.92 Å². The molecule has 114 valence electrons.